The first-order valence-corrected chi connectivity index (χ1v) is 6.00. The van der Waals surface area contributed by atoms with Crippen molar-refractivity contribution in [3.05, 3.63) is 34.9 Å². The fraction of sp³-hybridized carbons (Fsp3) is 0.455. The Labute approximate surface area is 105 Å². The van der Waals surface area contributed by atoms with Crippen LogP contribution in [0.15, 0.2) is 24.3 Å². The fourth-order valence-electron chi connectivity index (χ4n) is 1.43. The van der Waals surface area contributed by atoms with E-state index >= 15 is 0 Å². The van der Waals surface area contributed by atoms with E-state index in [4.69, 9.17) is 39.5 Å². The van der Waals surface area contributed by atoms with E-state index in [1.54, 1.807) is 7.11 Å². The van der Waals surface area contributed by atoms with Gasteiger partial charge in [-0.05, 0) is 17.7 Å². The Bertz CT molecular complexity index is 293. The molecule has 0 radical (unpaired) electrons. The lowest BCUT2D eigenvalue weighted by atomic mass is 9.85. The van der Waals surface area contributed by atoms with Crippen LogP contribution in [-0.4, -0.2) is 25.5 Å². The van der Waals surface area contributed by atoms with Crippen molar-refractivity contribution >= 4 is 34.8 Å². The molecule has 1 aromatic rings. The number of ether oxygens (including phenoxy) is 1. The lowest BCUT2D eigenvalue weighted by molar-refractivity contribution is 0.149. The minimum absolute atomic E-state index is 0.331. The molecule has 0 heterocycles. The summed E-state index contributed by atoms with van der Waals surface area (Å²) in [6, 6.07) is 7.54. The highest BCUT2D eigenvalue weighted by Crippen LogP contribution is 2.28. The van der Waals surface area contributed by atoms with Gasteiger partial charge in [-0.1, -0.05) is 23.7 Å². The zero-order valence-corrected chi connectivity index (χ0v) is 10.7. The first-order chi connectivity index (χ1) is 7.18. The van der Waals surface area contributed by atoms with Crippen LogP contribution in [0.1, 0.15) is 5.56 Å². The largest absolute Gasteiger partial charge is 0.384 e. The molecule has 0 N–H and O–H groups in total. The van der Waals surface area contributed by atoms with Crippen LogP contribution in [-0.2, 0) is 10.2 Å². The fourth-order valence-corrected chi connectivity index (χ4v) is 2.30. The Morgan fingerprint density at radius 3 is 2.07 bits per heavy atom. The third-order valence-electron chi connectivity index (χ3n) is 2.39. The van der Waals surface area contributed by atoms with Crippen molar-refractivity contribution in [2.75, 3.05) is 25.5 Å². The van der Waals surface area contributed by atoms with Gasteiger partial charge in [-0.15, -0.1) is 23.2 Å². The van der Waals surface area contributed by atoms with Gasteiger partial charge >= 0.3 is 0 Å². The maximum atomic E-state index is 5.98. The van der Waals surface area contributed by atoms with Crippen LogP contribution in [0.5, 0.6) is 0 Å². The molecule has 0 bridgehead atoms. The maximum absolute atomic E-state index is 5.98. The molecule has 84 valence electrons. The Hall–Kier alpha value is 0.0500. The molecule has 0 unspecified atom stereocenters. The van der Waals surface area contributed by atoms with Gasteiger partial charge in [0.05, 0.1) is 6.61 Å². The Morgan fingerprint density at radius 2 is 1.67 bits per heavy atom. The molecular formula is C11H13Cl3O. The van der Waals surface area contributed by atoms with Gasteiger partial charge in [-0.3, -0.25) is 0 Å². The van der Waals surface area contributed by atoms with Crippen molar-refractivity contribution in [2.45, 2.75) is 5.41 Å². The highest BCUT2D eigenvalue weighted by Gasteiger charge is 2.30. The van der Waals surface area contributed by atoms with Gasteiger partial charge in [0.2, 0.25) is 0 Å². The van der Waals surface area contributed by atoms with Gasteiger partial charge in [0.25, 0.3) is 0 Å². The van der Waals surface area contributed by atoms with Crippen LogP contribution in [0.25, 0.3) is 0 Å². The Morgan fingerprint density at radius 1 is 1.13 bits per heavy atom. The minimum Gasteiger partial charge on any atom is -0.384 e. The molecule has 4 heteroatoms. The smallest absolute Gasteiger partial charge is 0.0582 e. The van der Waals surface area contributed by atoms with E-state index in [2.05, 4.69) is 0 Å². The monoisotopic (exact) mass is 266 g/mol. The van der Waals surface area contributed by atoms with Gasteiger partial charge in [-0.2, -0.15) is 0 Å². The van der Waals surface area contributed by atoms with E-state index in [1.807, 2.05) is 24.3 Å². The number of benzene rings is 1. The lowest BCUT2D eigenvalue weighted by Gasteiger charge is -2.29. The minimum atomic E-state index is -0.331. The molecule has 15 heavy (non-hydrogen) atoms. The van der Waals surface area contributed by atoms with Crippen LogP contribution in [0.4, 0.5) is 0 Å². The number of methoxy groups -OCH3 is 1. The van der Waals surface area contributed by atoms with E-state index in [9.17, 15) is 0 Å². The summed E-state index contributed by atoms with van der Waals surface area (Å²) in [5, 5.41) is 0.703. The average molecular weight is 268 g/mol. The number of alkyl halides is 2. The van der Waals surface area contributed by atoms with E-state index < -0.39 is 0 Å². The standard InChI is InChI=1S/C11H13Cl3O/c1-15-8-11(6-12,7-13)9-2-4-10(14)5-3-9/h2-5H,6-8H2,1H3. The first kappa shape index (κ1) is 13.1. The molecule has 0 saturated carbocycles. The summed E-state index contributed by atoms with van der Waals surface area (Å²) in [6.45, 7) is 0.502. The van der Waals surface area contributed by atoms with Gasteiger partial charge in [0, 0.05) is 29.3 Å². The molecule has 0 aliphatic carbocycles. The normalized spacial score (nSPS) is 11.7. The van der Waals surface area contributed by atoms with E-state index in [0.29, 0.717) is 23.4 Å². The molecule has 0 amide bonds. The number of rotatable bonds is 5. The Balaban J connectivity index is 3.02. The highest BCUT2D eigenvalue weighted by atomic mass is 35.5. The SMILES string of the molecule is COCC(CCl)(CCl)c1ccc(Cl)cc1. The predicted molar refractivity (Wildman–Crippen MR) is 66.4 cm³/mol. The molecule has 1 aromatic carbocycles. The second-order valence-electron chi connectivity index (χ2n) is 3.49. The molecule has 1 nitrogen and oxygen atoms in total. The van der Waals surface area contributed by atoms with Crippen molar-refractivity contribution in [2.24, 2.45) is 0 Å². The topological polar surface area (TPSA) is 9.23 Å². The second-order valence-corrected chi connectivity index (χ2v) is 4.46. The summed E-state index contributed by atoms with van der Waals surface area (Å²) in [7, 11) is 1.64. The van der Waals surface area contributed by atoms with Gasteiger partial charge < -0.3 is 4.74 Å². The summed E-state index contributed by atoms with van der Waals surface area (Å²) in [4.78, 5) is 0. The molecule has 0 aromatic heterocycles. The van der Waals surface area contributed by atoms with Gasteiger partial charge in [0.15, 0.2) is 0 Å². The van der Waals surface area contributed by atoms with Gasteiger partial charge in [0.1, 0.15) is 0 Å². The van der Waals surface area contributed by atoms with E-state index in [0.717, 1.165) is 5.56 Å². The van der Waals surface area contributed by atoms with E-state index in [-0.39, 0.29) is 5.41 Å². The number of halogens is 3. The molecule has 0 atom stereocenters. The third-order valence-corrected chi connectivity index (χ3v) is 3.66. The van der Waals surface area contributed by atoms with Crippen LogP contribution >= 0.6 is 34.8 Å². The Kier molecular flexibility index (Phi) is 5.20. The summed E-state index contributed by atoms with van der Waals surface area (Å²) < 4.78 is 5.17. The number of hydrogen-bond donors (Lipinski definition) is 0. The van der Waals surface area contributed by atoms with Crippen molar-refractivity contribution in [1.29, 1.82) is 0 Å². The average Bonchev–Trinajstić information content (AvgIpc) is 2.27. The van der Waals surface area contributed by atoms with Crippen molar-refractivity contribution in [3.8, 4) is 0 Å². The quantitative estimate of drug-likeness (QED) is 0.739. The van der Waals surface area contributed by atoms with Crippen molar-refractivity contribution in [1.82, 2.24) is 0 Å². The molecular weight excluding hydrogens is 254 g/mol. The summed E-state index contributed by atoms with van der Waals surface area (Å²) in [5.41, 5.74) is 0.723. The summed E-state index contributed by atoms with van der Waals surface area (Å²) >= 11 is 17.8. The predicted octanol–water partition coefficient (Wildman–Crippen LogP) is 3.70. The molecule has 0 fully saturated rings. The zero-order valence-electron chi connectivity index (χ0n) is 8.47. The van der Waals surface area contributed by atoms with Crippen LogP contribution in [0, 0.1) is 0 Å². The second kappa shape index (κ2) is 5.95. The van der Waals surface area contributed by atoms with E-state index in [1.165, 1.54) is 0 Å². The molecule has 0 saturated heterocycles. The molecule has 0 spiro atoms. The maximum Gasteiger partial charge on any atom is 0.0582 e. The summed E-state index contributed by atoms with van der Waals surface area (Å²) in [5.74, 6) is 0.845. The van der Waals surface area contributed by atoms with Crippen LogP contribution < -0.4 is 0 Å². The first-order valence-electron chi connectivity index (χ1n) is 4.55. The third kappa shape index (κ3) is 3.01. The van der Waals surface area contributed by atoms with Crippen LogP contribution in [0.2, 0.25) is 5.02 Å². The summed E-state index contributed by atoms with van der Waals surface area (Å²) in [6.07, 6.45) is 0. The molecule has 0 aliphatic rings. The van der Waals surface area contributed by atoms with Crippen molar-refractivity contribution in [3.63, 3.8) is 0 Å². The number of hydrogen-bond acceptors (Lipinski definition) is 1. The zero-order chi connectivity index (χ0) is 11.3. The van der Waals surface area contributed by atoms with Gasteiger partial charge in [-0.25, -0.2) is 0 Å². The molecule has 0 aliphatic heterocycles. The lowest BCUT2D eigenvalue weighted by Crippen LogP contribution is -2.35. The molecule has 1 rings (SSSR count). The van der Waals surface area contributed by atoms with Crippen LogP contribution in [0.3, 0.4) is 0 Å². The highest BCUT2D eigenvalue weighted by molar-refractivity contribution is 6.30. The van der Waals surface area contributed by atoms with Crippen molar-refractivity contribution < 1.29 is 4.74 Å².